The average molecular weight is 608 g/mol. The predicted octanol–water partition coefficient (Wildman–Crippen LogP) is 6.84. The normalized spacial score (nSPS) is 11.1. The summed E-state index contributed by atoms with van der Waals surface area (Å²) in [4.78, 5) is 29.4. The summed E-state index contributed by atoms with van der Waals surface area (Å²) >= 11 is 0. The molecule has 4 aromatic rings. The lowest BCUT2D eigenvalue weighted by Gasteiger charge is -2.10. The van der Waals surface area contributed by atoms with E-state index in [2.05, 4.69) is 14.7 Å². The van der Waals surface area contributed by atoms with Gasteiger partial charge in [-0.2, -0.15) is 26.3 Å². The van der Waals surface area contributed by atoms with E-state index in [1.807, 2.05) is 0 Å². The maximum atomic E-state index is 12.6. The van der Waals surface area contributed by atoms with Gasteiger partial charge in [-0.05, 0) is 48.5 Å². The number of carboxylic acid groups (broad SMARTS) is 1. The van der Waals surface area contributed by atoms with Crippen molar-refractivity contribution >= 4 is 11.9 Å². The Morgan fingerprint density at radius 2 is 1.14 bits per heavy atom. The van der Waals surface area contributed by atoms with E-state index in [1.165, 1.54) is 62.0 Å². The van der Waals surface area contributed by atoms with Crippen LogP contribution in [0.1, 0.15) is 43.2 Å². The van der Waals surface area contributed by atoms with Crippen LogP contribution in [0.3, 0.4) is 0 Å². The maximum Gasteiger partial charge on any atom is 0.416 e. The van der Waals surface area contributed by atoms with Crippen LogP contribution < -0.4 is 9.47 Å². The second-order valence-electron chi connectivity index (χ2n) is 8.53. The van der Waals surface area contributed by atoms with Gasteiger partial charge in [0.1, 0.15) is 36.1 Å². The van der Waals surface area contributed by atoms with Crippen LogP contribution in [-0.2, 0) is 30.3 Å². The summed E-state index contributed by atoms with van der Waals surface area (Å²) in [6.07, 6.45) is -6.13. The van der Waals surface area contributed by atoms with Gasteiger partial charge in [0, 0.05) is 23.5 Å². The maximum absolute atomic E-state index is 12.6. The molecule has 0 aliphatic carbocycles. The van der Waals surface area contributed by atoms with Gasteiger partial charge in [0.15, 0.2) is 0 Å². The lowest BCUT2D eigenvalue weighted by molar-refractivity contribution is -0.138. The largest absolute Gasteiger partial charge is 0.489 e. The van der Waals surface area contributed by atoms with E-state index in [0.717, 1.165) is 24.3 Å². The van der Waals surface area contributed by atoms with Crippen molar-refractivity contribution in [3.63, 3.8) is 0 Å². The SMILES string of the molecule is COC(=O)c1ccc(COc2cccc(C(F)(F)F)c2)cn1.O=C(O)c1ccc(COc2cccc(C(F)(F)F)c2)cn1. The Labute approximate surface area is 240 Å². The molecule has 0 spiro atoms. The fourth-order valence-corrected chi connectivity index (χ4v) is 3.23. The van der Waals surface area contributed by atoms with Crippen molar-refractivity contribution in [3.8, 4) is 11.5 Å². The molecule has 14 heteroatoms. The third-order valence-corrected chi connectivity index (χ3v) is 5.40. The van der Waals surface area contributed by atoms with Crippen LogP contribution in [0.4, 0.5) is 26.3 Å². The van der Waals surface area contributed by atoms with E-state index in [4.69, 9.17) is 14.6 Å². The zero-order chi connectivity index (χ0) is 31.6. The highest BCUT2D eigenvalue weighted by atomic mass is 19.4. The number of benzene rings is 2. The molecule has 0 unspecified atom stereocenters. The van der Waals surface area contributed by atoms with Crippen molar-refractivity contribution in [2.24, 2.45) is 0 Å². The summed E-state index contributed by atoms with van der Waals surface area (Å²) in [6, 6.07) is 15.0. The quantitative estimate of drug-likeness (QED) is 0.171. The van der Waals surface area contributed by atoms with Crippen molar-refractivity contribution < 1.29 is 55.2 Å². The van der Waals surface area contributed by atoms with Crippen LogP contribution in [0.5, 0.6) is 11.5 Å². The smallest absolute Gasteiger partial charge is 0.416 e. The van der Waals surface area contributed by atoms with Crippen molar-refractivity contribution in [1.29, 1.82) is 0 Å². The summed E-state index contributed by atoms with van der Waals surface area (Å²) in [5.74, 6) is -1.54. The van der Waals surface area contributed by atoms with Gasteiger partial charge in [0.25, 0.3) is 0 Å². The van der Waals surface area contributed by atoms with Gasteiger partial charge in [0.05, 0.1) is 18.2 Å². The molecule has 8 nitrogen and oxygen atoms in total. The molecule has 0 aliphatic rings. The number of esters is 1. The number of nitrogens with zero attached hydrogens (tertiary/aromatic N) is 2. The van der Waals surface area contributed by atoms with Crippen LogP contribution in [0.2, 0.25) is 0 Å². The summed E-state index contributed by atoms with van der Waals surface area (Å²) in [5.41, 5.74) is -0.367. The molecule has 0 bridgehead atoms. The van der Waals surface area contributed by atoms with Crippen molar-refractivity contribution in [2.75, 3.05) is 7.11 Å². The summed E-state index contributed by atoms with van der Waals surface area (Å²) in [5, 5.41) is 8.69. The molecule has 0 saturated heterocycles. The molecular formula is C29H22F6N2O6. The molecule has 0 radical (unpaired) electrons. The Balaban J connectivity index is 0.000000236. The molecule has 0 amide bonds. The zero-order valence-electron chi connectivity index (χ0n) is 22.1. The first kappa shape index (κ1) is 32.4. The summed E-state index contributed by atoms with van der Waals surface area (Å²) in [7, 11) is 1.24. The molecule has 0 atom stereocenters. The van der Waals surface area contributed by atoms with Crippen LogP contribution in [0.15, 0.2) is 85.2 Å². The molecule has 0 saturated carbocycles. The summed E-state index contributed by atoms with van der Waals surface area (Å²) < 4.78 is 90.4. The lowest BCUT2D eigenvalue weighted by Crippen LogP contribution is -2.06. The number of aromatic nitrogens is 2. The molecule has 0 fully saturated rings. The Morgan fingerprint density at radius 1 is 0.698 bits per heavy atom. The number of ether oxygens (including phenoxy) is 3. The van der Waals surface area contributed by atoms with Gasteiger partial charge < -0.3 is 19.3 Å². The Morgan fingerprint density at radius 3 is 1.49 bits per heavy atom. The van der Waals surface area contributed by atoms with Crippen molar-refractivity contribution in [3.05, 3.63) is 119 Å². The van der Waals surface area contributed by atoms with E-state index in [1.54, 1.807) is 6.07 Å². The first-order chi connectivity index (χ1) is 20.3. The van der Waals surface area contributed by atoms with Gasteiger partial charge in [-0.3, -0.25) is 0 Å². The topological polar surface area (TPSA) is 108 Å². The molecule has 226 valence electrons. The molecule has 0 aliphatic heterocycles. The standard InChI is InChI=1S/C15H12F3NO3.C14H10F3NO3/c1-21-14(20)13-6-5-10(8-19-13)9-22-12-4-2-3-11(7-12)15(16,17)18;15-14(16,17)10-2-1-3-11(6-10)21-8-9-4-5-12(13(19)20)18-7-9/h2-8H,9H2,1H3;1-7H,8H2,(H,19,20). The number of pyridine rings is 2. The van der Waals surface area contributed by atoms with Crippen molar-refractivity contribution in [2.45, 2.75) is 25.6 Å². The van der Waals surface area contributed by atoms with Gasteiger partial charge >= 0.3 is 24.3 Å². The molecule has 2 heterocycles. The first-order valence-electron chi connectivity index (χ1n) is 12.1. The number of aromatic carboxylic acids is 1. The highest BCUT2D eigenvalue weighted by molar-refractivity contribution is 5.87. The first-order valence-corrected chi connectivity index (χ1v) is 12.1. The highest BCUT2D eigenvalue weighted by Gasteiger charge is 2.31. The van der Waals surface area contributed by atoms with E-state index in [0.29, 0.717) is 11.1 Å². The minimum atomic E-state index is -4.43. The second-order valence-corrected chi connectivity index (χ2v) is 8.53. The zero-order valence-corrected chi connectivity index (χ0v) is 22.1. The molecular weight excluding hydrogens is 586 g/mol. The van der Waals surface area contributed by atoms with Crippen LogP contribution in [0, 0.1) is 0 Å². The lowest BCUT2D eigenvalue weighted by atomic mass is 10.2. The molecule has 43 heavy (non-hydrogen) atoms. The Kier molecular flexibility index (Phi) is 10.7. The van der Waals surface area contributed by atoms with Crippen LogP contribution in [-0.4, -0.2) is 34.1 Å². The fourth-order valence-electron chi connectivity index (χ4n) is 3.23. The van der Waals surface area contributed by atoms with Gasteiger partial charge in [-0.15, -0.1) is 0 Å². The minimum Gasteiger partial charge on any atom is -0.489 e. The fraction of sp³-hybridized carbons (Fsp3) is 0.172. The molecule has 2 aromatic carbocycles. The van der Waals surface area contributed by atoms with E-state index in [9.17, 15) is 35.9 Å². The van der Waals surface area contributed by atoms with Crippen LogP contribution >= 0.6 is 0 Å². The number of rotatable bonds is 8. The average Bonchev–Trinajstić information content (AvgIpc) is 2.99. The van der Waals surface area contributed by atoms with Crippen molar-refractivity contribution in [1.82, 2.24) is 9.97 Å². The third kappa shape index (κ3) is 10.0. The van der Waals surface area contributed by atoms with Crippen LogP contribution in [0.25, 0.3) is 0 Å². The Bertz CT molecular complexity index is 1520. The second kappa shape index (κ2) is 14.2. The van der Waals surface area contributed by atoms with E-state index in [-0.39, 0.29) is 36.1 Å². The highest BCUT2D eigenvalue weighted by Crippen LogP contribution is 2.32. The number of halogens is 6. The number of carbonyl (C=O) groups is 2. The number of hydrogen-bond donors (Lipinski definition) is 1. The third-order valence-electron chi connectivity index (χ3n) is 5.40. The molecule has 4 rings (SSSR count). The number of methoxy groups -OCH3 is 1. The predicted molar refractivity (Wildman–Crippen MR) is 138 cm³/mol. The molecule has 1 N–H and O–H groups in total. The number of carboxylic acids is 1. The summed E-state index contributed by atoms with van der Waals surface area (Å²) in [6.45, 7) is 0.0317. The number of carbonyl (C=O) groups excluding carboxylic acids is 1. The minimum absolute atomic E-state index is 0.00574. The molecule has 2 aromatic heterocycles. The monoisotopic (exact) mass is 608 g/mol. The number of hydrogen-bond acceptors (Lipinski definition) is 7. The van der Waals surface area contributed by atoms with Gasteiger partial charge in [0.2, 0.25) is 0 Å². The number of alkyl halides is 6. The van der Waals surface area contributed by atoms with Gasteiger partial charge in [-0.25, -0.2) is 19.6 Å². The van der Waals surface area contributed by atoms with Gasteiger partial charge in [-0.1, -0.05) is 24.3 Å². The van der Waals surface area contributed by atoms with E-state index >= 15 is 0 Å². The Hall–Kier alpha value is -5.14. The van der Waals surface area contributed by atoms with E-state index < -0.39 is 35.4 Å².